The summed E-state index contributed by atoms with van der Waals surface area (Å²) in [7, 11) is 1.62. The van der Waals surface area contributed by atoms with Crippen LogP contribution in [0.5, 0.6) is 11.5 Å². The molecule has 36 heavy (non-hydrogen) atoms. The predicted octanol–water partition coefficient (Wildman–Crippen LogP) is 5.83. The van der Waals surface area contributed by atoms with Gasteiger partial charge in [-0.2, -0.15) is 4.99 Å². The van der Waals surface area contributed by atoms with Crippen LogP contribution in [-0.4, -0.2) is 49.3 Å². The van der Waals surface area contributed by atoms with E-state index in [1.807, 2.05) is 54.6 Å². The molecule has 1 amide bonds. The number of rotatable bonds is 6. The maximum Gasteiger partial charge on any atom is 0.286 e. The van der Waals surface area contributed by atoms with Gasteiger partial charge in [-0.1, -0.05) is 52.3 Å². The summed E-state index contributed by atoms with van der Waals surface area (Å²) in [6.07, 6.45) is 1.87. The topological polar surface area (TPSA) is 54.4 Å². The molecule has 0 aromatic heterocycles. The van der Waals surface area contributed by atoms with Crippen molar-refractivity contribution < 1.29 is 14.3 Å². The third kappa shape index (κ3) is 5.77. The molecular weight excluding hydrogens is 538 g/mol. The van der Waals surface area contributed by atoms with Crippen LogP contribution < -0.4 is 14.4 Å². The molecule has 1 saturated heterocycles. The second-order valence-corrected chi connectivity index (χ2v) is 10.4. The standard InChI is InChI=1S/C28H26BrN3O3S/c1-34-25-17-21(9-12-24(25)35-19-20-7-10-22(29)11-8-20)18-26-27(33)30-28(36-26)32-15-13-31(14-16-32)23-5-3-2-4-6-23/h2-12,17-18H,13-16,19H2,1H3/b26-18+. The van der Waals surface area contributed by atoms with E-state index in [1.165, 1.54) is 17.4 Å². The van der Waals surface area contributed by atoms with E-state index in [1.54, 1.807) is 7.11 Å². The van der Waals surface area contributed by atoms with Crippen molar-refractivity contribution in [1.29, 1.82) is 0 Å². The Hall–Kier alpha value is -3.23. The van der Waals surface area contributed by atoms with Gasteiger partial charge in [0.2, 0.25) is 0 Å². The first-order valence-corrected chi connectivity index (χ1v) is 13.3. The minimum absolute atomic E-state index is 0.199. The summed E-state index contributed by atoms with van der Waals surface area (Å²) in [5, 5.41) is 0.778. The SMILES string of the molecule is COc1cc(/C=C2/SC(N3CCN(c4ccccc4)CC3)=NC2=O)ccc1OCc1ccc(Br)cc1. The van der Waals surface area contributed by atoms with Crippen LogP contribution >= 0.6 is 27.7 Å². The number of hydrogen-bond acceptors (Lipinski definition) is 6. The van der Waals surface area contributed by atoms with E-state index < -0.39 is 0 Å². The molecule has 2 aliphatic rings. The summed E-state index contributed by atoms with van der Waals surface area (Å²) in [6, 6.07) is 24.1. The number of amidine groups is 1. The number of para-hydroxylation sites is 1. The molecule has 0 unspecified atom stereocenters. The fourth-order valence-electron chi connectivity index (χ4n) is 4.11. The van der Waals surface area contributed by atoms with Crippen LogP contribution in [0.3, 0.4) is 0 Å². The van der Waals surface area contributed by atoms with Crippen molar-refractivity contribution in [1.82, 2.24) is 4.90 Å². The first kappa shape index (κ1) is 24.5. The highest BCUT2D eigenvalue weighted by atomic mass is 79.9. The molecule has 0 saturated carbocycles. The summed E-state index contributed by atoms with van der Waals surface area (Å²) in [5.41, 5.74) is 3.16. The van der Waals surface area contributed by atoms with Crippen LogP contribution in [0.15, 0.2) is 87.2 Å². The van der Waals surface area contributed by atoms with Gasteiger partial charge in [0.1, 0.15) is 6.61 Å². The number of thioether (sulfide) groups is 1. The highest BCUT2D eigenvalue weighted by Gasteiger charge is 2.28. The molecule has 2 heterocycles. The number of benzene rings is 3. The van der Waals surface area contributed by atoms with Crippen molar-refractivity contribution in [2.75, 3.05) is 38.2 Å². The fourth-order valence-corrected chi connectivity index (χ4v) is 5.34. The Morgan fingerprint density at radius 3 is 2.39 bits per heavy atom. The smallest absolute Gasteiger partial charge is 0.286 e. The number of piperazine rings is 1. The van der Waals surface area contributed by atoms with Gasteiger partial charge in [0.15, 0.2) is 16.7 Å². The van der Waals surface area contributed by atoms with Gasteiger partial charge < -0.3 is 19.3 Å². The minimum atomic E-state index is -0.199. The Balaban J connectivity index is 1.21. The van der Waals surface area contributed by atoms with Crippen LogP contribution in [0.4, 0.5) is 5.69 Å². The molecule has 0 bridgehead atoms. The molecule has 0 spiro atoms. The van der Waals surface area contributed by atoms with Crippen molar-refractivity contribution in [3.05, 3.63) is 93.3 Å². The van der Waals surface area contributed by atoms with Gasteiger partial charge in [0, 0.05) is 36.3 Å². The fraction of sp³-hybridized carbons (Fsp3) is 0.214. The second kappa shape index (κ2) is 11.2. The van der Waals surface area contributed by atoms with Crippen molar-refractivity contribution in [2.24, 2.45) is 4.99 Å². The Kier molecular flexibility index (Phi) is 7.63. The van der Waals surface area contributed by atoms with E-state index in [0.29, 0.717) is 23.0 Å². The summed E-state index contributed by atoms with van der Waals surface area (Å²) in [4.78, 5) is 22.2. The number of hydrogen-bond donors (Lipinski definition) is 0. The number of amides is 1. The minimum Gasteiger partial charge on any atom is -0.493 e. The van der Waals surface area contributed by atoms with Crippen LogP contribution in [0.1, 0.15) is 11.1 Å². The summed E-state index contributed by atoms with van der Waals surface area (Å²) in [6.45, 7) is 3.90. The Bertz CT molecular complexity index is 1290. The first-order valence-electron chi connectivity index (χ1n) is 11.7. The summed E-state index contributed by atoms with van der Waals surface area (Å²) in [5.74, 6) is 1.08. The van der Waals surface area contributed by atoms with Gasteiger partial charge in [-0.25, -0.2) is 0 Å². The quantitative estimate of drug-likeness (QED) is 0.352. The monoisotopic (exact) mass is 563 g/mol. The highest BCUT2D eigenvalue weighted by Crippen LogP contribution is 2.34. The van der Waals surface area contributed by atoms with Gasteiger partial charge in [-0.15, -0.1) is 0 Å². The normalized spacial score (nSPS) is 16.9. The molecule has 5 rings (SSSR count). The number of ether oxygens (including phenoxy) is 2. The zero-order valence-corrected chi connectivity index (χ0v) is 22.3. The van der Waals surface area contributed by atoms with E-state index in [2.05, 4.69) is 55.0 Å². The van der Waals surface area contributed by atoms with E-state index in [0.717, 1.165) is 46.9 Å². The lowest BCUT2D eigenvalue weighted by Gasteiger charge is -2.36. The van der Waals surface area contributed by atoms with Gasteiger partial charge in [-0.3, -0.25) is 4.79 Å². The molecule has 3 aromatic rings. The predicted molar refractivity (Wildman–Crippen MR) is 150 cm³/mol. The lowest BCUT2D eigenvalue weighted by molar-refractivity contribution is -0.113. The van der Waals surface area contributed by atoms with Crippen LogP contribution in [0, 0.1) is 0 Å². The number of carbonyl (C=O) groups is 1. The second-order valence-electron chi connectivity index (χ2n) is 8.45. The van der Waals surface area contributed by atoms with Crippen molar-refractivity contribution in [2.45, 2.75) is 6.61 Å². The van der Waals surface area contributed by atoms with Crippen molar-refractivity contribution in [3.8, 4) is 11.5 Å². The largest absolute Gasteiger partial charge is 0.493 e. The zero-order chi connectivity index (χ0) is 24.9. The molecular formula is C28H26BrN3O3S. The van der Waals surface area contributed by atoms with Gasteiger partial charge >= 0.3 is 0 Å². The molecule has 0 atom stereocenters. The Morgan fingerprint density at radius 2 is 1.67 bits per heavy atom. The number of carbonyl (C=O) groups excluding carboxylic acids is 1. The first-order chi connectivity index (χ1) is 17.6. The lowest BCUT2D eigenvalue weighted by Crippen LogP contribution is -2.47. The average molecular weight is 565 g/mol. The van der Waals surface area contributed by atoms with E-state index in [-0.39, 0.29) is 5.91 Å². The Labute approximate surface area is 223 Å². The Morgan fingerprint density at radius 1 is 0.944 bits per heavy atom. The third-order valence-electron chi connectivity index (χ3n) is 6.07. The lowest BCUT2D eigenvalue weighted by atomic mass is 10.2. The summed E-state index contributed by atoms with van der Waals surface area (Å²) < 4.78 is 12.6. The van der Waals surface area contributed by atoms with E-state index in [9.17, 15) is 4.79 Å². The van der Waals surface area contributed by atoms with Gasteiger partial charge in [-0.05, 0) is 65.4 Å². The van der Waals surface area contributed by atoms with Crippen LogP contribution in [-0.2, 0) is 11.4 Å². The van der Waals surface area contributed by atoms with Gasteiger partial charge in [0.25, 0.3) is 5.91 Å². The van der Waals surface area contributed by atoms with Gasteiger partial charge in [0.05, 0.1) is 12.0 Å². The molecule has 1 fully saturated rings. The zero-order valence-electron chi connectivity index (χ0n) is 19.9. The number of halogens is 1. The molecule has 0 N–H and O–H groups in total. The number of anilines is 1. The maximum absolute atomic E-state index is 12.6. The van der Waals surface area contributed by atoms with E-state index in [4.69, 9.17) is 9.47 Å². The molecule has 3 aromatic carbocycles. The molecule has 184 valence electrons. The van der Waals surface area contributed by atoms with Crippen molar-refractivity contribution >= 4 is 50.5 Å². The number of nitrogens with zero attached hydrogens (tertiary/aromatic N) is 3. The molecule has 0 radical (unpaired) electrons. The average Bonchev–Trinajstić information content (AvgIpc) is 3.29. The number of methoxy groups -OCH3 is 1. The number of aliphatic imine (C=N–C) groups is 1. The van der Waals surface area contributed by atoms with Crippen molar-refractivity contribution in [3.63, 3.8) is 0 Å². The summed E-state index contributed by atoms with van der Waals surface area (Å²) >= 11 is 4.88. The maximum atomic E-state index is 12.6. The molecule has 6 nitrogen and oxygen atoms in total. The van der Waals surface area contributed by atoms with E-state index >= 15 is 0 Å². The molecule has 8 heteroatoms. The molecule has 0 aliphatic carbocycles. The molecule has 2 aliphatic heterocycles. The van der Waals surface area contributed by atoms with Crippen LogP contribution in [0.25, 0.3) is 6.08 Å². The van der Waals surface area contributed by atoms with Crippen LogP contribution in [0.2, 0.25) is 0 Å². The highest BCUT2D eigenvalue weighted by molar-refractivity contribution is 9.10. The third-order valence-corrected chi connectivity index (χ3v) is 7.65.